The van der Waals surface area contributed by atoms with E-state index in [2.05, 4.69) is 66.7 Å². The first-order valence-corrected chi connectivity index (χ1v) is 15.9. The Bertz CT molecular complexity index is 1350. The Morgan fingerprint density at radius 3 is 2.43 bits per heavy atom. The van der Waals surface area contributed by atoms with Crippen molar-refractivity contribution in [3.8, 4) is 5.75 Å². The molecule has 0 unspecified atom stereocenters. The fourth-order valence-electron chi connectivity index (χ4n) is 5.02. The van der Waals surface area contributed by atoms with Crippen molar-refractivity contribution in [3.05, 3.63) is 41.7 Å². The van der Waals surface area contributed by atoms with E-state index >= 15 is 0 Å². The Morgan fingerprint density at radius 1 is 1.14 bits per heavy atom. The lowest BCUT2D eigenvalue weighted by atomic mass is 9.98. The van der Waals surface area contributed by atoms with E-state index < -0.39 is 33.1 Å². The van der Waals surface area contributed by atoms with Gasteiger partial charge in [-0.1, -0.05) is 63.1 Å². The standard InChI is InChI=1S/C27H34Br2N6O6S/c1-14(2)10-18(23(39)41-5)31-21(37)17(11-15-6-8-16(36)9-7-15)30-22(38)19-12-34(33-32-19)13-20-26(3,4)42-25-27(28,29)24(40)35(20)25/h6-9,12,14,17-18,20,25,36H,10-11,13H2,1-5H3,(H,30,38)(H,31,37)/t17-,18-,20-,25+/m0/s1. The molecule has 3 amide bonds. The number of fused-ring (bicyclic) bond motifs is 1. The molecule has 4 rings (SSSR count). The molecule has 2 aliphatic rings. The van der Waals surface area contributed by atoms with Crippen molar-refractivity contribution in [2.75, 3.05) is 7.11 Å². The molecule has 12 nitrogen and oxygen atoms in total. The van der Waals surface area contributed by atoms with Gasteiger partial charge in [0.05, 0.1) is 25.9 Å². The lowest BCUT2D eigenvalue weighted by Crippen LogP contribution is -2.67. The third-order valence-corrected chi connectivity index (χ3v) is 11.1. The number of halogens is 2. The number of aromatic nitrogens is 3. The van der Waals surface area contributed by atoms with Gasteiger partial charge in [-0.3, -0.25) is 14.4 Å². The highest BCUT2D eigenvalue weighted by Gasteiger charge is 2.68. The number of thioether (sulfide) groups is 1. The maximum absolute atomic E-state index is 13.4. The zero-order valence-corrected chi connectivity index (χ0v) is 27.8. The van der Waals surface area contributed by atoms with Crippen LogP contribution in [0.15, 0.2) is 30.5 Å². The Kier molecular flexibility index (Phi) is 9.62. The van der Waals surface area contributed by atoms with Crippen LogP contribution in [0.2, 0.25) is 0 Å². The molecule has 2 aromatic rings. The summed E-state index contributed by atoms with van der Waals surface area (Å²) in [5.74, 6) is -1.69. The van der Waals surface area contributed by atoms with Crippen molar-refractivity contribution in [3.63, 3.8) is 0 Å². The van der Waals surface area contributed by atoms with Crippen LogP contribution in [0.1, 0.15) is 50.2 Å². The van der Waals surface area contributed by atoms with Crippen molar-refractivity contribution in [1.29, 1.82) is 0 Å². The Balaban J connectivity index is 1.49. The van der Waals surface area contributed by atoms with E-state index in [9.17, 15) is 24.3 Å². The molecule has 228 valence electrons. The highest BCUT2D eigenvalue weighted by molar-refractivity contribution is 9.26. The second-order valence-electron chi connectivity index (χ2n) is 11.4. The number of amides is 3. The van der Waals surface area contributed by atoms with Gasteiger partial charge in [0, 0.05) is 11.2 Å². The van der Waals surface area contributed by atoms with E-state index in [1.165, 1.54) is 30.1 Å². The second-order valence-corrected chi connectivity index (χ2v) is 16.7. The summed E-state index contributed by atoms with van der Waals surface area (Å²) in [6, 6.07) is 4.11. The van der Waals surface area contributed by atoms with Gasteiger partial charge in [-0.05, 0) is 43.9 Å². The number of alkyl halides is 2. The van der Waals surface area contributed by atoms with Gasteiger partial charge >= 0.3 is 5.97 Å². The Hall–Kier alpha value is -2.65. The number of benzene rings is 1. The summed E-state index contributed by atoms with van der Waals surface area (Å²) < 4.78 is 5.31. The normalized spacial score (nSPS) is 21.7. The molecule has 2 fully saturated rings. The van der Waals surface area contributed by atoms with Crippen molar-refractivity contribution in [1.82, 2.24) is 30.5 Å². The number of phenolic OH excluding ortho intramolecular Hbond substituents is 1. The quantitative estimate of drug-likeness (QED) is 0.180. The number of nitrogens with zero attached hydrogens (tertiary/aromatic N) is 4. The SMILES string of the molecule is COC(=O)[C@H](CC(C)C)NC(=O)[C@H](Cc1ccc(O)cc1)NC(=O)c1cn(C[C@@H]2N3C(=O)C(Br)(Br)[C@H]3SC2(C)C)nn1. The number of methoxy groups -OCH3 is 1. The summed E-state index contributed by atoms with van der Waals surface area (Å²) in [5.41, 5.74) is 0.676. The average molecular weight is 730 g/mol. The largest absolute Gasteiger partial charge is 0.508 e. The van der Waals surface area contributed by atoms with Crippen LogP contribution >= 0.6 is 43.6 Å². The molecule has 42 heavy (non-hydrogen) atoms. The molecule has 0 saturated carbocycles. The molecule has 0 radical (unpaired) electrons. The van der Waals surface area contributed by atoms with Crippen LogP contribution in [0.5, 0.6) is 5.75 Å². The molecule has 3 N–H and O–H groups in total. The minimum atomic E-state index is -1.07. The zero-order valence-electron chi connectivity index (χ0n) is 23.8. The highest BCUT2D eigenvalue weighted by atomic mass is 79.9. The van der Waals surface area contributed by atoms with Crippen LogP contribution < -0.4 is 10.6 Å². The van der Waals surface area contributed by atoms with Gasteiger partial charge in [0.2, 0.25) is 5.91 Å². The molecule has 2 aliphatic heterocycles. The monoisotopic (exact) mass is 728 g/mol. The molecule has 2 saturated heterocycles. The number of rotatable bonds is 11. The van der Waals surface area contributed by atoms with E-state index in [4.69, 9.17) is 4.74 Å². The number of esters is 1. The number of nitrogens with one attached hydrogen (secondary N) is 2. The maximum Gasteiger partial charge on any atom is 0.328 e. The first kappa shape index (κ1) is 32.3. The highest BCUT2D eigenvalue weighted by Crippen LogP contribution is 2.60. The van der Waals surface area contributed by atoms with E-state index in [0.29, 0.717) is 18.5 Å². The number of hydrogen-bond acceptors (Lipinski definition) is 9. The molecule has 15 heteroatoms. The van der Waals surface area contributed by atoms with Crippen molar-refractivity contribution >= 4 is 67.3 Å². The number of aromatic hydroxyl groups is 1. The second kappa shape index (κ2) is 12.5. The molecule has 1 aromatic carbocycles. The topological polar surface area (TPSA) is 156 Å². The van der Waals surface area contributed by atoms with Crippen LogP contribution in [-0.4, -0.2) is 87.3 Å². The number of hydrogen-bond donors (Lipinski definition) is 3. The lowest BCUT2D eigenvalue weighted by Gasteiger charge is -2.47. The molecule has 3 heterocycles. The number of carbonyl (C=O) groups excluding carboxylic acids is 4. The first-order chi connectivity index (χ1) is 19.6. The number of β-lactam (4-membered cyclic amide) rings is 1. The minimum absolute atomic E-state index is 0.00419. The molecule has 4 atom stereocenters. The van der Waals surface area contributed by atoms with Gasteiger partial charge in [0.25, 0.3) is 11.8 Å². The molecule has 1 aromatic heterocycles. The summed E-state index contributed by atoms with van der Waals surface area (Å²) in [4.78, 5) is 53.6. The van der Waals surface area contributed by atoms with Gasteiger partial charge < -0.3 is 25.4 Å². The Morgan fingerprint density at radius 2 is 1.81 bits per heavy atom. The molecule has 0 spiro atoms. The predicted molar refractivity (Wildman–Crippen MR) is 163 cm³/mol. The smallest absolute Gasteiger partial charge is 0.328 e. The minimum Gasteiger partial charge on any atom is -0.508 e. The van der Waals surface area contributed by atoms with Crippen molar-refractivity contribution < 1.29 is 29.0 Å². The van der Waals surface area contributed by atoms with Gasteiger partial charge in [-0.15, -0.1) is 16.9 Å². The van der Waals surface area contributed by atoms with E-state index in [-0.39, 0.29) is 45.9 Å². The van der Waals surface area contributed by atoms with Crippen molar-refractivity contribution in [2.45, 2.75) is 78.6 Å². The van der Waals surface area contributed by atoms with Crippen LogP contribution in [0.4, 0.5) is 0 Å². The molecule has 0 bridgehead atoms. The maximum atomic E-state index is 13.4. The van der Waals surface area contributed by atoms with Gasteiger partial charge in [-0.25, -0.2) is 9.48 Å². The summed E-state index contributed by atoms with van der Waals surface area (Å²) in [6.07, 6.45) is 1.93. The summed E-state index contributed by atoms with van der Waals surface area (Å²) >= 11 is 8.61. The van der Waals surface area contributed by atoms with E-state index in [1.807, 2.05) is 18.7 Å². The van der Waals surface area contributed by atoms with E-state index in [1.54, 1.807) is 23.9 Å². The molecular formula is C27H34Br2N6O6S. The van der Waals surface area contributed by atoms with Crippen LogP contribution in [0.25, 0.3) is 0 Å². The third-order valence-electron chi connectivity index (χ3n) is 7.27. The molecule has 0 aliphatic carbocycles. The number of ether oxygens (including phenoxy) is 1. The number of carbonyl (C=O) groups is 4. The predicted octanol–water partition coefficient (Wildman–Crippen LogP) is 2.58. The molecular weight excluding hydrogens is 696 g/mol. The summed E-state index contributed by atoms with van der Waals surface area (Å²) in [7, 11) is 1.25. The first-order valence-electron chi connectivity index (χ1n) is 13.4. The average Bonchev–Trinajstić information content (AvgIpc) is 3.49. The van der Waals surface area contributed by atoms with E-state index in [0.717, 1.165) is 0 Å². The number of phenols is 1. The zero-order chi connectivity index (χ0) is 31.0. The fraction of sp³-hybridized carbons (Fsp3) is 0.556. The van der Waals surface area contributed by atoms with Gasteiger partial charge in [0.1, 0.15) is 23.2 Å². The Labute approximate surface area is 264 Å². The van der Waals surface area contributed by atoms with Crippen LogP contribution in [0, 0.1) is 5.92 Å². The van der Waals surface area contributed by atoms with Gasteiger partial charge in [-0.2, -0.15) is 0 Å². The fourth-order valence-corrected chi connectivity index (χ4v) is 7.95. The summed E-state index contributed by atoms with van der Waals surface area (Å²) in [5, 5.41) is 23.1. The third kappa shape index (κ3) is 6.77. The van der Waals surface area contributed by atoms with Crippen LogP contribution in [-0.2, 0) is 32.1 Å². The van der Waals surface area contributed by atoms with Crippen LogP contribution in [0.3, 0.4) is 0 Å². The lowest BCUT2D eigenvalue weighted by molar-refractivity contribution is -0.146. The van der Waals surface area contributed by atoms with Crippen molar-refractivity contribution in [2.24, 2.45) is 5.92 Å². The van der Waals surface area contributed by atoms with Gasteiger partial charge in [0.15, 0.2) is 8.93 Å². The summed E-state index contributed by atoms with van der Waals surface area (Å²) in [6.45, 7) is 8.28.